The highest BCUT2D eigenvalue weighted by Gasteiger charge is 2.40. The average molecular weight is 312 g/mol. The summed E-state index contributed by atoms with van der Waals surface area (Å²) in [5.41, 5.74) is -1.22. The predicted octanol–water partition coefficient (Wildman–Crippen LogP) is 4.11. The van der Waals surface area contributed by atoms with Crippen molar-refractivity contribution >= 4 is 11.9 Å². The van der Waals surface area contributed by atoms with Crippen LogP contribution in [0.2, 0.25) is 0 Å². The first-order chi connectivity index (χ1) is 10.2. The number of carbonyl (C=O) groups excluding carboxylic acids is 2. The van der Waals surface area contributed by atoms with E-state index in [-0.39, 0.29) is 6.10 Å². The van der Waals surface area contributed by atoms with Crippen LogP contribution >= 0.6 is 0 Å². The summed E-state index contributed by atoms with van der Waals surface area (Å²) in [5, 5.41) is 0. The van der Waals surface area contributed by atoms with Gasteiger partial charge in [0.15, 0.2) is 5.41 Å². The van der Waals surface area contributed by atoms with Crippen LogP contribution in [0.15, 0.2) is 0 Å². The van der Waals surface area contributed by atoms with Crippen LogP contribution in [0, 0.1) is 17.3 Å². The van der Waals surface area contributed by atoms with E-state index in [0.29, 0.717) is 18.4 Å². The lowest BCUT2D eigenvalue weighted by Gasteiger charge is -2.29. The molecule has 0 aliphatic heterocycles. The highest BCUT2D eigenvalue weighted by molar-refractivity contribution is 5.99. The predicted molar refractivity (Wildman–Crippen MR) is 86.3 cm³/mol. The number of hydrogen-bond donors (Lipinski definition) is 0. The Morgan fingerprint density at radius 2 is 1.68 bits per heavy atom. The summed E-state index contributed by atoms with van der Waals surface area (Å²) in [6.07, 6.45) is 5.75. The van der Waals surface area contributed by atoms with E-state index in [4.69, 9.17) is 9.47 Å². The number of ether oxygens (including phenoxy) is 2. The van der Waals surface area contributed by atoms with Crippen molar-refractivity contribution in [3.05, 3.63) is 0 Å². The van der Waals surface area contributed by atoms with E-state index in [1.165, 1.54) is 0 Å². The molecule has 0 spiro atoms. The van der Waals surface area contributed by atoms with Gasteiger partial charge in [0.1, 0.15) is 6.10 Å². The fourth-order valence-corrected chi connectivity index (χ4v) is 2.57. The van der Waals surface area contributed by atoms with Crippen LogP contribution < -0.4 is 0 Å². The number of esters is 2. The quantitative estimate of drug-likeness (QED) is 0.403. The smallest absolute Gasteiger partial charge is 0.323 e. The normalized spacial score (nSPS) is 22.5. The Balaban J connectivity index is 2.39. The van der Waals surface area contributed by atoms with Crippen molar-refractivity contribution in [2.24, 2.45) is 17.3 Å². The van der Waals surface area contributed by atoms with Gasteiger partial charge in [0.2, 0.25) is 0 Å². The Morgan fingerprint density at radius 1 is 1.09 bits per heavy atom. The minimum atomic E-state index is -1.22. The molecule has 22 heavy (non-hydrogen) atoms. The molecule has 4 nitrogen and oxygen atoms in total. The van der Waals surface area contributed by atoms with E-state index in [0.717, 1.165) is 38.5 Å². The topological polar surface area (TPSA) is 52.6 Å². The lowest BCUT2D eigenvalue weighted by atomic mass is 9.88. The molecule has 1 rings (SSSR count). The van der Waals surface area contributed by atoms with Crippen LogP contribution in [0.5, 0.6) is 0 Å². The maximum Gasteiger partial charge on any atom is 0.323 e. The van der Waals surface area contributed by atoms with Gasteiger partial charge in [-0.2, -0.15) is 0 Å². The van der Waals surface area contributed by atoms with Crippen LogP contribution in [-0.2, 0) is 19.1 Å². The maximum absolute atomic E-state index is 12.3. The molecule has 1 aliphatic carbocycles. The molecule has 0 N–H and O–H groups in total. The molecule has 1 aliphatic rings. The minimum absolute atomic E-state index is 0.0447. The van der Waals surface area contributed by atoms with E-state index in [9.17, 15) is 9.59 Å². The zero-order chi connectivity index (χ0) is 16.8. The molecule has 0 unspecified atom stereocenters. The van der Waals surface area contributed by atoms with Crippen molar-refractivity contribution in [1.82, 2.24) is 0 Å². The summed E-state index contributed by atoms with van der Waals surface area (Å²) in [6, 6.07) is 0. The number of carbonyl (C=O) groups is 2. The molecule has 0 amide bonds. The van der Waals surface area contributed by atoms with Crippen molar-refractivity contribution in [3.63, 3.8) is 0 Å². The van der Waals surface area contributed by atoms with Gasteiger partial charge in [-0.25, -0.2) is 0 Å². The van der Waals surface area contributed by atoms with E-state index >= 15 is 0 Å². The van der Waals surface area contributed by atoms with E-state index < -0.39 is 17.4 Å². The Bertz CT molecular complexity index is 365. The largest absolute Gasteiger partial charge is 0.465 e. The molecule has 0 bridgehead atoms. The van der Waals surface area contributed by atoms with Gasteiger partial charge < -0.3 is 9.47 Å². The van der Waals surface area contributed by atoms with Crippen LogP contribution in [-0.4, -0.2) is 24.6 Å². The zero-order valence-electron chi connectivity index (χ0n) is 14.8. The molecule has 1 fully saturated rings. The summed E-state index contributed by atoms with van der Waals surface area (Å²) >= 11 is 0. The molecule has 0 heterocycles. The first kappa shape index (κ1) is 19.0. The van der Waals surface area contributed by atoms with Gasteiger partial charge in [0.05, 0.1) is 6.61 Å². The molecule has 0 aromatic heterocycles. The number of hydrogen-bond acceptors (Lipinski definition) is 4. The van der Waals surface area contributed by atoms with Crippen LogP contribution in [0.3, 0.4) is 0 Å². The standard InChI is InChI=1S/C18H32O4/c1-13(2)7-6-12-21-16(19)18(4,5)17(20)22-15-10-8-14(3)9-11-15/h13-15H,6-12H2,1-5H3. The Labute approximate surface area is 134 Å². The molecule has 0 aromatic rings. The van der Waals surface area contributed by atoms with Gasteiger partial charge >= 0.3 is 11.9 Å². The Kier molecular flexibility index (Phi) is 7.37. The van der Waals surface area contributed by atoms with Crippen molar-refractivity contribution < 1.29 is 19.1 Å². The Morgan fingerprint density at radius 3 is 2.23 bits per heavy atom. The lowest BCUT2D eigenvalue weighted by Crippen LogP contribution is -2.39. The third kappa shape index (κ3) is 5.98. The molecule has 0 atom stereocenters. The zero-order valence-corrected chi connectivity index (χ0v) is 14.8. The third-order valence-corrected chi connectivity index (χ3v) is 4.42. The fraction of sp³-hybridized carbons (Fsp3) is 0.889. The van der Waals surface area contributed by atoms with E-state index in [1.54, 1.807) is 13.8 Å². The first-order valence-electron chi connectivity index (χ1n) is 8.61. The second kappa shape index (κ2) is 8.54. The molecule has 4 heteroatoms. The summed E-state index contributed by atoms with van der Waals surface area (Å²) in [4.78, 5) is 24.4. The van der Waals surface area contributed by atoms with Gasteiger partial charge in [-0.1, -0.05) is 20.8 Å². The van der Waals surface area contributed by atoms with Gasteiger partial charge in [-0.3, -0.25) is 9.59 Å². The van der Waals surface area contributed by atoms with Gasteiger partial charge in [0.25, 0.3) is 0 Å². The average Bonchev–Trinajstić information content (AvgIpc) is 2.45. The van der Waals surface area contributed by atoms with Crippen molar-refractivity contribution in [2.75, 3.05) is 6.61 Å². The molecule has 1 saturated carbocycles. The molecular formula is C18H32O4. The summed E-state index contributed by atoms with van der Waals surface area (Å²) in [7, 11) is 0. The second-order valence-corrected chi connectivity index (χ2v) is 7.58. The maximum atomic E-state index is 12.3. The first-order valence-corrected chi connectivity index (χ1v) is 8.61. The van der Waals surface area contributed by atoms with Crippen molar-refractivity contribution in [2.45, 2.75) is 79.2 Å². The molecule has 0 radical (unpaired) electrons. The van der Waals surface area contributed by atoms with Crippen LogP contribution in [0.4, 0.5) is 0 Å². The summed E-state index contributed by atoms with van der Waals surface area (Å²) in [5.74, 6) is 0.352. The van der Waals surface area contributed by atoms with Crippen LogP contribution in [0.1, 0.15) is 73.1 Å². The molecule has 128 valence electrons. The Hall–Kier alpha value is -1.06. The molecule has 0 saturated heterocycles. The van der Waals surface area contributed by atoms with E-state index in [1.807, 2.05) is 0 Å². The molecule has 0 aromatic carbocycles. The van der Waals surface area contributed by atoms with E-state index in [2.05, 4.69) is 20.8 Å². The second-order valence-electron chi connectivity index (χ2n) is 7.58. The van der Waals surface area contributed by atoms with Crippen molar-refractivity contribution in [1.29, 1.82) is 0 Å². The van der Waals surface area contributed by atoms with Crippen LogP contribution in [0.25, 0.3) is 0 Å². The highest BCUT2D eigenvalue weighted by Crippen LogP contribution is 2.28. The summed E-state index contributed by atoms with van der Waals surface area (Å²) in [6.45, 7) is 10.0. The monoisotopic (exact) mass is 312 g/mol. The SMILES string of the molecule is CC(C)CCCOC(=O)C(C)(C)C(=O)OC1CCC(C)CC1. The highest BCUT2D eigenvalue weighted by atomic mass is 16.6. The fourth-order valence-electron chi connectivity index (χ4n) is 2.57. The summed E-state index contributed by atoms with van der Waals surface area (Å²) < 4.78 is 10.8. The third-order valence-electron chi connectivity index (χ3n) is 4.42. The van der Waals surface area contributed by atoms with Crippen molar-refractivity contribution in [3.8, 4) is 0 Å². The van der Waals surface area contributed by atoms with Gasteiger partial charge in [-0.05, 0) is 64.2 Å². The van der Waals surface area contributed by atoms with Gasteiger partial charge in [0, 0.05) is 0 Å². The molecular weight excluding hydrogens is 280 g/mol. The van der Waals surface area contributed by atoms with Gasteiger partial charge in [-0.15, -0.1) is 0 Å². The lowest BCUT2D eigenvalue weighted by molar-refractivity contribution is -0.174. The minimum Gasteiger partial charge on any atom is -0.465 e. The number of rotatable bonds is 7.